The highest BCUT2D eigenvalue weighted by Gasteiger charge is 2.43. The molecule has 23 heavy (non-hydrogen) atoms. The lowest BCUT2D eigenvalue weighted by Gasteiger charge is -2.41. The fourth-order valence-corrected chi connectivity index (χ4v) is 23.4. The normalized spacial score (nSPS) is 17.2. The number of aliphatic hydroxyl groups excluding tert-OH is 2. The van der Waals surface area contributed by atoms with Gasteiger partial charge in [-0.15, -0.1) is 0 Å². The molecular weight excluding hydrogens is 360 g/mol. The Hall–Kier alpha value is 0.668. The molecule has 0 aliphatic carbocycles. The lowest BCUT2D eigenvalue weighted by Crippen LogP contribution is -2.57. The highest BCUT2D eigenvalue weighted by Crippen LogP contribution is 2.27. The molecule has 0 aromatic rings. The van der Waals surface area contributed by atoms with Gasteiger partial charge in [-0.1, -0.05) is 0 Å². The van der Waals surface area contributed by atoms with Gasteiger partial charge in [-0.3, -0.25) is 0 Å². The Morgan fingerprint density at radius 1 is 0.609 bits per heavy atom. The summed E-state index contributed by atoms with van der Waals surface area (Å²) < 4.78 is 19.2. The molecule has 0 aliphatic heterocycles. The minimum atomic E-state index is -2.33. The van der Waals surface area contributed by atoms with Crippen molar-refractivity contribution in [2.45, 2.75) is 90.5 Å². The van der Waals surface area contributed by atoms with E-state index in [1.54, 1.807) is 13.8 Å². The van der Waals surface area contributed by atoms with E-state index in [0.29, 0.717) is 12.1 Å². The summed E-state index contributed by atoms with van der Waals surface area (Å²) in [4.78, 5) is 0. The summed E-state index contributed by atoms with van der Waals surface area (Å²) >= 11 is 0. The van der Waals surface area contributed by atoms with Crippen LogP contribution in [0.3, 0.4) is 0 Å². The molecule has 0 amide bonds. The molecule has 140 valence electrons. The summed E-state index contributed by atoms with van der Waals surface area (Å²) in [6.45, 7) is 20.4. The molecular formula is C14H38O5Si4. The first-order valence-electron chi connectivity index (χ1n) is 8.42. The van der Waals surface area contributed by atoms with Crippen LogP contribution in [0.1, 0.15) is 13.8 Å². The van der Waals surface area contributed by atoms with Crippen molar-refractivity contribution in [3.8, 4) is 0 Å². The van der Waals surface area contributed by atoms with Gasteiger partial charge in [0.15, 0.2) is 16.6 Å². The van der Waals surface area contributed by atoms with Crippen LogP contribution in [0.5, 0.6) is 0 Å². The molecule has 0 fully saturated rings. The SMILES string of the molecule is CC(O)C[Si](C)(C)O[Si](C)(C)O[Si](C)(C)O[Si](C)(C)CC(C)O. The Balaban J connectivity index is 4.85. The highest BCUT2D eigenvalue weighted by molar-refractivity contribution is 6.89. The third-order valence-electron chi connectivity index (χ3n) is 3.11. The van der Waals surface area contributed by atoms with Crippen LogP contribution in [-0.4, -0.2) is 56.2 Å². The number of aliphatic hydroxyl groups is 2. The van der Waals surface area contributed by atoms with Crippen LogP contribution < -0.4 is 0 Å². The molecule has 0 aliphatic rings. The van der Waals surface area contributed by atoms with Gasteiger partial charge in [-0.25, -0.2) is 0 Å². The van der Waals surface area contributed by atoms with E-state index in [1.807, 2.05) is 0 Å². The molecule has 0 bridgehead atoms. The van der Waals surface area contributed by atoms with Crippen LogP contribution in [0.2, 0.25) is 64.5 Å². The Kier molecular flexibility index (Phi) is 8.61. The molecule has 5 nitrogen and oxygen atoms in total. The molecule has 0 aromatic heterocycles. The van der Waals surface area contributed by atoms with Crippen molar-refractivity contribution in [1.29, 1.82) is 0 Å². The summed E-state index contributed by atoms with van der Waals surface area (Å²) in [6, 6.07) is 1.41. The molecule has 0 rings (SSSR count). The van der Waals surface area contributed by atoms with E-state index < -0.39 is 33.8 Å². The van der Waals surface area contributed by atoms with Crippen molar-refractivity contribution in [3.63, 3.8) is 0 Å². The van der Waals surface area contributed by atoms with Gasteiger partial charge in [0.2, 0.25) is 0 Å². The molecule has 2 unspecified atom stereocenters. The van der Waals surface area contributed by atoms with E-state index in [4.69, 9.17) is 12.3 Å². The van der Waals surface area contributed by atoms with Crippen molar-refractivity contribution in [2.75, 3.05) is 0 Å². The molecule has 2 atom stereocenters. The number of rotatable bonds is 10. The molecule has 0 aromatic carbocycles. The van der Waals surface area contributed by atoms with Crippen molar-refractivity contribution in [1.82, 2.24) is 0 Å². The van der Waals surface area contributed by atoms with Gasteiger partial charge in [-0.05, 0) is 78.3 Å². The third kappa shape index (κ3) is 11.8. The Morgan fingerprint density at radius 3 is 1.09 bits per heavy atom. The summed E-state index contributed by atoms with van der Waals surface area (Å²) in [7, 11) is -8.59. The molecule has 9 heteroatoms. The zero-order valence-electron chi connectivity index (χ0n) is 16.7. The zero-order chi connectivity index (χ0) is 18.7. The first-order chi connectivity index (χ1) is 9.95. The predicted molar refractivity (Wildman–Crippen MR) is 106 cm³/mol. The van der Waals surface area contributed by atoms with Gasteiger partial charge in [0.05, 0.1) is 12.2 Å². The highest BCUT2D eigenvalue weighted by atomic mass is 28.5. The van der Waals surface area contributed by atoms with Crippen molar-refractivity contribution in [3.05, 3.63) is 0 Å². The molecule has 0 saturated carbocycles. The minimum absolute atomic E-state index is 0.347. The average Bonchev–Trinajstić information content (AvgIpc) is 2.02. The van der Waals surface area contributed by atoms with Gasteiger partial charge >= 0.3 is 17.1 Å². The Bertz CT molecular complexity index is 336. The first kappa shape index (κ1) is 23.7. The van der Waals surface area contributed by atoms with Crippen LogP contribution in [0.25, 0.3) is 0 Å². The topological polar surface area (TPSA) is 68.2 Å². The zero-order valence-corrected chi connectivity index (χ0v) is 20.7. The Morgan fingerprint density at radius 2 is 0.870 bits per heavy atom. The lowest BCUT2D eigenvalue weighted by molar-refractivity contribution is 0.207. The number of hydrogen-bond donors (Lipinski definition) is 2. The maximum Gasteiger partial charge on any atom is 0.312 e. The smallest absolute Gasteiger partial charge is 0.312 e. The fourth-order valence-electron chi connectivity index (χ4n) is 3.47. The van der Waals surface area contributed by atoms with E-state index in [0.717, 1.165) is 0 Å². The maximum atomic E-state index is 9.65. The van der Waals surface area contributed by atoms with Crippen molar-refractivity contribution >= 4 is 33.8 Å². The van der Waals surface area contributed by atoms with Crippen LogP contribution in [0, 0.1) is 0 Å². The second kappa shape index (κ2) is 8.37. The first-order valence-corrected chi connectivity index (χ1v) is 20.3. The van der Waals surface area contributed by atoms with Crippen LogP contribution in [0.15, 0.2) is 0 Å². The molecule has 0 saturated heterocycles. The largest absolute Gasteiger partial charge is 0.436 e. The predicted octanol–water partition coefficient (Wildman–Crippen LogP) is 3.61. The summed E-state index contributed by atoms with van der Waals surface area (Å²) in [5.74, 6) is 0. The van der Waals surface area contributed by atoms with Gasteiger partial charge in [0.1, 0.15) is 0 Å². The van der Waals surface area contributed by atoms with Crippen LogP contribution in [0.4, 0.5) is 0 Å². The van der Waals surface area contributed by atoms with Crippen LogP contribution in [-0.2, 0) is 12.3 Å². The average molecular weight is 399 g/mol. The minimum Gasteiger partial charge on any atom is -0.436 e. The summed E-state index contributed by atoms with van der Waals surface area (Å²) in [5, 5.41) is 19.3. The molecule has 0 spiro atoms. The molecule has 0 heterocycles. The van der Waals surface area contributed by atoms with E-state index in [-0.39, 0.29) is 12.2 Å². The van der Waals surface area contributed by atoms with E-state index in [9.17, 15) is 10.2 Å². The second-order valence-corrected chi connectivity index (χ2v) is 24.6. The molecule has 2 N–H and O–H groups in total. The standard InChI is InChI=1S/C14H38O5Si4/c1-13(15)11-20(3,4)17-22(7,8)19-23(9,10)18-21(5,6)12-14(2)16/h13-16H,11-12H2,1-10H3. The maximum absolute atomic E-state index is 9.65. The van der Waals surface area contributed by atoms with E-state index >= 15 is 0 Å². The third-order valence-corrected chi connectivity index (χ3v) is 18.5. The van der Waals surface area contributed by atoms with Crippen LogP contribution >= 0.6 is 0 Å². The van der Waals surface area contributed by atoms with Crippen molar-refractivity contribution in [2.24, 2.45) is 0 Å². The van der Waals surface area contributed by atoms with E-state index in [1.165, 1.54) is 0 Å². The van der Waals surface area contributed by atoms with Gasteiger partial charge in [0.25, 0.3) is 0 Å². The summed E-state index contributed by atoms with van der Waals surface area (Å²) in [6.07, 6.45) is -0.694. The monoisotopic (exact) mass is 398 g/mol. The van der Waals surface area contributed by atoms with Crippen molar-refractivity contribution < 1.29 is 22.6 Å². The summed E-state index contributed by atoms with van der Waals surface area (Å²) in [5.41, 5.74) is 0. The van der Waals surface area contributed by atoms with Gasteiger partial charge in [0, 0.05) is 0 Å². The second-order valence-electron chi connectivity index (χ2n) is 8.73. The van der Waals surface area contributed by atoms with E-state index in [2.05, 4.69) is 52.4 Å². The quantitative estimate of drug-likeness (QED) is 0.550. The Labute approximate surface area is 147 Å². The lowest BCUT2D eigenvalue weighted by atomic mass is 10.5. The molecule has 0 radical (unpaired) electrons. The van der Waals surface area contributed by atoms with Gasteiger partial charge in [-0.2, -0.15) is 0 Å². The van der Waals surface area contributed by atoms with Gasteiger partial charge < -0.3 is 22.6 Å². The fraction of sp³-hybridized carbons (Fsp3) is 1.00. The number of hydrogen-bond acceptors (Lipinski definition) is 5.